The number of nitrogens with zero attached hydrogens (tertiary/aromatic N) is 3. The number of carbonyl (C=O) groups is 1. The van der Waals surface area contributed by atoms with Gasteiger partial charge in [0.15, 0.2) is 0 Å². The molecule has 2 aromatic heterocycles. The van der Waals surface area contributed by atoms with E-state index < -0.39 is 0 Å². The summed E-state index contributed by atoms with van der Waals surface area (Å²) in [7, 11) is 0. The second kappa shape index (κ2) is 6.85. The molecular formula is C21H17ClN4O. The summed E-state index contributed by atoms with van der Waals surface area (Å²) in [6, 6.07) is 12.8. The fraction of sp³-hybridized carbons (Fsp3) is 0.0952. The summed E-state index contributed by atoms with van der Waals surface area (Å²) in [6.07, 6.45) is 5.70. The number of hydrogen-bond donors (Lipinski definition) is 1. The van der Waals surface area contributed by atoms with E-state index in [1.54, 1.807) is 30.5 Å². The topological polar surface area (TPSA) is 59.3 Å². The highest BCUT2D eigenvalue weighted by Crippen LogP contribution is 2.26. The summed E-state index contributed by atoms with van der Waals surface area (Å²) in [5.74, 6) is 0.394. The first kappa shape index (κ1) is 17.2. The van der Waals surface area contributed by atoms with Crippen molar-refractivity contribution in [3.05, 3.63) is 82.8 Å². The monoisotopic (exact) mass is 376 g/mol. The molecule has 134 valence electrons. The van der Waals surface area contributed by atoms with E-state index in [-0.39, 0.29) is 5.91 Å². The summed E-state index contributed by atoms with van der Waals surface area (Å²) in [6.45, 7) is 3.93. The second-order valence-corrected chi connectivity index (χ2v) is 6.84. The van der Waals surface area contributed by atoms with Crippen molar-refractivity contribution < 1.29 is 4.79 Å². The molecule has 4 aromatic rings. The number of nitrogens with one attached hydrogen (secondary N) is 1. The fourth-order valence-electron chi connectivity index (χ4n) is 2.88. The first-order valence-corrected chi connectivity index (χ1v) is 8.87. The SMILES string of the molecule is Cc1cnc2nc(-c3ccc(C)c(NC(=O)c4ccccc4Cl)c3)cn2c1. The van der Waals surface area contributed by atoms with Gasteiger partial charge in [-0.25, -0.2) is 9.97 Å². The normalized spacial score (nSPS) is 10.9. The van der Waals surface area contributed by atoms with E-state index in [9.17, 15) is 4.79 Å². The Labute approximate surface area is 161 Å². The molecule has 0 unspecified atom stereocenters. The third-order valence-corrected chi connectivity index (χ3v) is 4.67. The summed E-state index contributed by atoms with van der Waals surface area (Å²) in [5, 5.41) is 3.37. The van der Waals surface area contributed by atoms with Crippen LogP contribution < -0.4 is 5.32 Å². The molecule has 1 N–H and O–H groups in total. The quantitative estimate of drug-likeness (QED) is 0.552. The lowest BCUT2D eigenvalue weighted by Gasteiger charge is -2.11. The molecule has 2 heterocycles. The van der Waals surface area contributed by atoms with E-state index in [0.29, 0.717) is 16.4 Å². The maximum absolute atomic E-state index is 12.6. The average Bonchev–Trinajstić information content (AvgIpc) is 3.07. The van der Waals surface area contributed by atoms with Crippen LogP contribution in [0.4, 0.5) is 5.69 Å². The van der Waals surface area contributed by atoms with E-state index in [4.69, 9.17) is 11.6 Å². The number of carbonyl (C=O) groups excluding carboxylic acids is 1. The zero-order valence-corrected chi connectivity index (χ0v) is 15.7. The van der Waals surface area contributed by atoms with Gasteiger partial charge < -0.3 is 5.32 Å². The van der Waals surface area contributed by atoms with Crippen molar-refractivity contribution >= 4 is 29.0 Å². The van der Waals surface area contributed by atoms with Crippen molar-refractivity contribution in [2.75, 3.05) is 5.32 Å². The highest BCUT2D eigenvalue weighted by atomic mass is 35.5. The number of fused-ring (bicyclic) bond motifs is 1. The molecule has 5 nitrogen and oxygen atoms in total. The van der Waals surface area contributed by atoms with Gasteiger partial charge in [-0.15, -0.1) is 0 Å². The van der Waals surface area contributed by atoms with E-state index in [2.05, 4.69) is 15.3 Å². The molecule has 0 radical (unpaired) electrons. The predicted molar refractivity (Wildman–Crippen MR) is 107 cm³/mol. The lowest BCUT2D eigenvalue weighted by molar-refractivity contribution is 0.102. The number of hydrogen-bond acceptors (Lipinski definition) is 3. The predicted octanol–water partition coefficient (Wildman–Crippen LogP) is 4.92. The van der Waals surface area contributed by atoms with Gasteiger partial charge in [0.25, 0.3) is 5.91 Å². The molecule has 27 heavy (non-hydrogen) atoms. The van der Waals surface area contributed by atoms with Crippen LogP contribution in [-0.2, 0) is 0 Å². The number of halogens is 1. The zero-order valence-electron chi connectivity index (χ0n) is 14.9. The minimum absolute atomic E-state index is 0.242. The molecule has 0 aliphatic rings. The van der Waals surface area contributed by atoms with Crippen molar-refractivity contribution in [2.45, 2.75) is 13.8 Å². The van der Waals surface area contributed by atoms with E-state index in [1.807, 2.05) is 48.8 Å². The minimum atomic E-state index is -0.242. The van der Waals surface area contributed by atoms with Crippen LogP contribution in [-0.4, -0.2) is 20.3 Å². The van der Waals surface area contributed by atoms with E-state index in [0.717, 1.165) is 28.1 Å². The first-order valence-electron chi connectivity index (χ1n) is 8.49. The third kappa shape index (κ3) is 3.41. The summed E-state index contributed by atoms with van der Waals surface area (Å²) in [5.41, 5.74) is 4.87. The molecule has 0 spiro atoms. The standard InChI is InChI=1S/C21H17ClN4O/c1-13-10-23-21-25-19(12-26(21)11-13)15-8-7-14(2)18(9-15)24-20(27)16-5-3-4-6-17(16)22/h3-12H,1-2H3,(H,24,27). The zero-order chi connectivity index (χ0) is 19.0. The van der Waals surface area contributed by atoms with Gasteiger partial charge in [0.05, 0.1) is 16.3 Å². The number of imidazole rings is 1. The number of rotatable bonds is 3. The lowest BCUT2D eigenvalue weighted by atomic mass is 10.1. The Morgan fingerprint density at radius 1 is 1.11 bits per heavy atom. The Kier molecular flexibility index (Phi) is 4.38. The molecule has 0 atom stereocenters. The molecule has 2 aromatic carbocycles. The van der Waals surface area contributed by atoms with Crippen LogP contribution in [0.25, 0.3) is 17.0 Å². The molecule has 4 rings (SSSR count). The number of anilines is 1. The van der Waals surface area contributed by atoms with Gasteiger partial charge in [-0.3, -0.25) is 9.20 Å². The number of aryl methyl sites for hydroxylation is 2. The van der Waals surface area contributed by atoms with Gasteiger partial charge in [0, 0.05) is 29.8 Å². The van der Waals surface area contributed by atoms with Crippen LogP contribution >= 0.6 is 11.6 Å². The molecular weight excluding hydrogens is 360 g/mol. The molecule has 0 fully saturated rings. The van der Waals surface area contributed by atoms with Gasteiger partial charge in [-0.2, -0.15) is 0 Å². The second-order valence-electron chi connectivity index (χ2n) is 6.43. The Morgan fingerprint density at radius 3 is 2.74 bits per heavy atom. The Morgan fingerprint density at radius 2 is 1.93 bits per heavy atom. The van der Waals surface area contributed by atoms with Crippen molar-refractivity contribution in [2.24, 2.45) is 0 Å². The average molecular weight is 377 g/mol. The Balaban J connectivity index is 1.68. The maximum Gasteiger partial charge on any atom is 0.257 e. The molecule has 0 bridgehead atoms. The number of benzene rings is 2. The van der Waals surface area contributed by atoms with Gasteiger partial charge in [-0.1, -0.05) is 35.9 Å². The van der Waals surface area contributed by atoms with Gasteiger partial charge in [0.2, 0.25) is 5.78 Å². The molecule has 0 aliphatic carbocycles. The van der Waals surface area contributed by atoms with Crippen LogP contribution in [0.15, 0.2) is 61.1 Å². The first-order chi connectivity index (χ1) is 13.0. The fourth-order valence-corrected chi connectivity index (χ4v) is 3.10. The van der Waals surface area contributed by atoms with Crippen LogP contribution in [0.5, 0.6) is 0 Å². The molecule has 0 aliphatic heterocycles. The molecule has 0 saturated heterocycles. The van der Waals surface area contributed by atoms with Gasteiger partial charge in [-0.05, 0) is 43.2 Å². The van der Waals surface area contributed by atoms with Crippen molar-refractivity contribution in [3.63, 3.8) is 0 Å². The van der Waals surface area contributed by atoms with E-state index >= 15 is 0 Å². The minimum Gasteiger partial charge on any atom is -0.322 e. The van der Waals surface area contributed by atoms with E-state index in [1.165, 1.54) is 0 Å². The molecule has 0 saturated carbocycles. The van der Waals surface area contributed by atoms with Gasteiger partial charge in [0.1, 0.15) is 0 Å². The Bertz CT molecular complexity index is 1170. The summed E-state index contributed by atoms with van der Waals surface area (Å²) >= 11 is 6.13. The van der Waals surface area contributed by atoms with Gasteiger partial charge >= 0.3 is 0 Å². The highest BCUT2D eigenvalue weighted by molar-refractivity contribution is 6.34. The third-order valence-electron chi connectivity index (χ3n) is 4.34. The maximum atomic E-state index is 12.6. The van der Waals surface area contributed by atoms with Crippen molar-refractivity contribution in [3.8, 4) is 11.3 Å². The largest absolute Gasteiger partial charge is 0.322 e. The van der Waals surface area contributed by atoms with Crippen LogP contribution in [0.1, 0.15) is 21.5 Å². The van der Waals surface area contributed by atoms with Crippen LogP contribution in [0, 0.1) is 13.8 Å². The number of amides is 1. The smallest absolute Gasteiger partial charge is 0.257 e. The van der Waals surface area contributed by atoms with Crippen molar-refractivity contribution in [1.29, 1.82) is 0 Å². The van der Waals surface area contributed by atoms with Crippen molar-refractivity contribution in [1.82, 2.24) is 14.4 Å². The number of aromatic nitrogens is 3. The van der Waals surface area contributed by atoms with Crippen LogP contribution in [0.3, 0.4) is 0 Å². The summed E-state index contributed by atoms with van der Waals surface area (Å²) in [4.78, 5) is 21.5. The van der Waals surface area contributed by atoms with Crippen LogP contribution in [0.2, 0.25) is 5.02 Å². The molecule has 1 amide bonds. The lowest BCUT2D eigenvalue weighted by Crippen LogP contribution is -2.13. The molecule has 6 heteroatoms. The summed E-state index contributed by atoms with van der Waals surface area (Å²) < 4.78 is 1.90. The Hall–Kier alpha value is -3.18. The highest BCUT2D eigenvalue weighted by Gasteiger charge is 2.13.